The number of halogens is 3. The minimum atomic E-state index is -4.39. The van der Waals surface area contributed by atoms with Crippen molar-refractivity contribution in [2.45, 2.75) is 45.5 Å². The van der Waals surface area contributed by atoms with E-state index in [1.54, 1.807) is 18.2 Å². The number of alkyl halides is 3. The molecule has 0 unspecified atom stereocenters. The molecule has 3 N–H and O–H groups in total. The molecule has 1 aromatic heterocycles. The maximum Gasteiger partial charge on any atom is 0.406 e. The van der Waals surface area contributed by atoms with Crippen LogP contribution in [0.4, 0.5) is 24.5 Å². The van der Waals surface area contributed by atoms with Gasteiger partial charge in [0.15, 0.2) is 0 Å². The highest BCUT2D eigenvalue weighted by molar-refractivity contribution is 5.95. The number of rotatable bonds is 18. The molecule has 0 atom stereocenters. The van der Waals surface area contributed by atoms with Crippen molar-refractivity contribution >= 4 is 39.0 Å². The summed E-state index contributed by atoms with van der Waals surface area (Å²) in [5, 5.41) is 12.6. The van der Waals surface area contributed by atoms with Crippen molar-refractivity contribution in [3.63, 3.8) is 0 Å². The number of carbonyl (C=O) groups excluding carboxylic acids is 1. The van der Waals surface area contributed by atoms with Gasteiger partial charge in [0, 0.05) is 60.3 Å². The lowest BCUT2D eigenvalue weighted by atomic mass is 10.0. The van der Waals surface area contributed by atoms with Gasteiger partial charge in [0.05, 0.1) is 57.4 Å². The molecule has 1 fully saturated rings. The topological polar surface area (TPSA) is 89.0 Å². The number of hydrogen-bond acceptors (Lipinski definition) is 7. The molecule has 280 valence electrons. The molecule has 1 aliphatic rings. The molecule has 2 heterocycles. The van der Waals surface area contributed by atoms with Gasteiger partial charge in [0.25, 0.3) is 0 Å². The molecular formula is C40H50F3N5O4. The summed E-state index contributed by atoms with van der Waals surface area (Å²) in [6.07, 6.45) is -2.56. The van der Waals surface area contributed by atoms with Crippen molar-refractivity contribution in [3.8, 4) is 11.8 Å². The summed E-state index contributed by atoms with van der Waals surface area (Å²) >= 11 is 0. The normalized spacial score (nSPS) is 14.1. The second-order valence-electron chi connectivity index (χ2n) is 13.2. The van der Waals surface area contributed by atoms with Crippen LogP contribution >= 0.6 is 0 Å². The Balaban J connectivity index is 1.05. The fourth-order valence-electron chi connectivity index (χ4n) is 6.22. The minimum absolute atomic E-state index is 0.0199. The Bertz CT molecular complexity index is 1790. The molecule has 1 aliphatic heterocycles. The molecule has 1 saturated heterocycles. The molecule has 0 spiro atoms. The summed E-state index contributed by atoms with van der Waals surface area (Å²) in [5.41, 5.74) is 2.59. The number of nitrogens with one attached hydrogen (secondary N) is 3. The van der Waals surface area contributed by atoms with Crippen molar-refractivity contribution in [2.24, 2.45) is 5.92 Å². The fraction of sp³-hybridized carbons (Fsp3) is 0.475. The molecule has 0 saturated carbocycles. The van der Waals surface area contributed by atoms with Gasteiger partial charge in [-0.05, 0) is 48.4 Å². The van der Waals surface area contributed by atoms with Gasteiger partial charge < -0.3 is 39.6 Å². The van der Waals surface area contributed by atoms with Gasteiger partial charge in [-0.1, -0.05) is 62.2 Å². The van der Waals surface area contributed by atoms with Crippen LogP contribution in [0.1, 0.15) is 32.4 Å². The first-order valence-corrected chi connectivity index (χ1v) is 18.1. The van der Waals surface area contributed by atoms with Crippen molar-refractivity contribution in [3.05, 3.63) is 72.4 Å². The highest BCUT2D eigenvalue weighted by Crippen LogP contribution is 2.31. The number of anilines is 2. The van der Waals surface area contributed by atoms with E-state index in [1.165, 1.54) is 4.57 Å². The first-order valence-electron chi connectivity index (χ1n) is 18.1. The van der Waals surface area contributed by atoms with Gasteiger partial charge in [0.1, 0.15) is 6.54 Å². The van der Waals surface area contributed by atoms with Crippen LogP contribution in [-0.2, 0) is 25.5 Å². The second kappa shape index (κ2) is 19.5. The summed E-state index contributed by atoms with van der Waals surface area (Å²) in [6.45, 7) is 9.02. The van der Waals surface area contributed by atoms with E-state index >= 15 is 0 Å². The molecule has 12 heteroatoms. The lowest BCUT2D eigenvalue weighted by molar-refractivity contribution is -0.140. The van der Waals surface area contributed by atoms with Gasteiger partial charge in [-0.15, -0.1) is 0 Å². The number of fused-ring (bicyclic) bond motifs is 2. The van der Waals surface area contributed by atoms with Crippen molar-refractivity contribution < 1.29 is 32.2 Å². The highest BCUT2D eigenvalue weighted by Gasteiger charge is 2.30. The van der Waals surface area contributed by atoms with Gasteiger partial charge in [-0.3, -0.25) is 4.79 Å². The quantitative estimate of drug-likeness (QED) is 0.0797. The predicted octanol–water partition coefficient (Wildman–Crippen LogP) is 6.52. The number of carbonyl (C=O) groups is 1. The van der Waals surface area contributed by atoms with Gasteiger partial charge in [-0.25, -0.2) is 0 Å². The lowest BCUT2D eigenvalue weighted by Crippen LogP contribution is -2.40. The van der Waals surface area contributed by atoms with Crippen LogP contribution in [-0.4, -0.2) is 100.0 Å². The first kappa shape index (κ1) is 38.9. The van der Waals surface area contributed by atoms with Crippen LogP contribution in [0.5, 0.6) is 0 Å². The molecule has 3 aromatic carbocycles. The fourth-order valence-corrected chi connectivity index (χ4v) is 6.22. The van der Waals surface area contributed by atoms with E-state index in [9.17, 15) is 18.0 Å². The molecule has 52 heavy (non-hydrogen) atoms. The van der Waals surface area contributed by atoms with E-state index in [4.69, 9.17) is 14.2 Å². The van der Waals surface area contributed by atoms with Gasteiger partial charge in [0.2, 0.25) is 5.91 Å². The van der Waals surface area contributed by atoms with E-state index in [1.807, 2.05) is 62.4 Å². The zero-order valence-corrected chi connectivity index (χ0v) is 30.1. The molecule has 1 amide bonds. The summed E-state index contributed by atoms with van der Waals surface area (Å²) in [7, 11) is 0. The summed E-state index contributed by atoms with van der Waals surface area (Å²) in [5.74, 6) is 6.05. The van der Waals surface area contributed by atoms with E-state index in [0.717, 1.165) is 60.0 Å². The SMILES string of the molecule is CC(C)C(=O)NCCOCCOCCOCCN1CCC(Nc2cccc3c2cc(C#CCNc2cccc4ccccc24)n3CC(F)(F)F)CC1. The van der Waals surface area contributed by atoms with Crippen molar-refractivity contribution in [1.82, 2.24) is 14.8 Å². The van der Waals surface area contributed by atoms with Crippen LogP contribution in [0, 0.1) is 17.8 Å². The van der Waals surface area contributed by atoms with Crippen molar-refractivity contribution in [1.29, 1.82) is 0 Å². The molecule has 0 radical (unpaired) electrons. The van der Waals surface area contributed by atoms with Crippen LogP contribution in [0.3, 0.4) is 0 Å². The molecule has 5 rings (SSSR count). The monoisotopic (exact) mass is 721 g/mol. The number of nitrogens with zero attached hydrogens (tertiary/aromatic N) is 2. The molecule has 0 bridgehead atoms. The Morgan fingerprint density at radius 1 is 0.865 bits per heavy atom. The Kier molecular flexibility index (Phi) is 14.6. The second-order valence-corrected chi connectivity index (χ2v) is 13.2. The largest absolute Gasteiger partial charge is 0.406 e. The Morgan fingerprint density at radius 3 is 2.29 bits per heavy atom. The number of likely N-dealkylation sites (tertiary alicyclic amines) is 1. The predicted molar refractivity (Wildman–Crippen MR) is 201 cm³/mol. The van der Waals surface area contributed by atoms with E-state index < -0.39 is 12.7 Å². The molecule has 9 nitrogen and oxygen atoms in total. The summed E-state index contributed by atoms with van der Waals surface area (Å²) in [4.78, 5) is 13.9. The standard InChI is InChI=1S/C40H50F3N5O4/c1-30(2)39(49)45-18-22-50-24-26-52-27-25-51-23-21-47-19-15-32(16-20-47)46-37-13-6-14-38-35(37)28-33(48(38)29-40(41,42)43)10-7-17-44-36-12-5-9-31-8-3-4-11-34(31)36/h3-6,8-9,11-14,28,30,32,44,46H,15-27,29H2,1-2H3,(H,45,49). The Morgan fingerprint density at radius 2 is 1.54 bits per heavy atom. The molecule has 0 aliphatic carbocycles. The van der Waals surface area contributed by atoms with Gasteiger partial charge >= 0.3 is 6.18 Å². The lowest BCUT2D eigenvalue weighted by Gasteiger charge is -2.32. The average Bonchev–Trinajstić information content (AvgIpc) is 3.47. The smallest absolute Gasteiger partial charge is 0.382 e. The third-order valence-electron chi connectivity index (χ3n) is 8.97. The zero-order valence-electron chi connectivity index (χ0n) is 30.1. The number of ether oxygens (including phenoxy) is 3. The van der Waals surface area contributed by atoms with E-state index in [-0.39, 0.29) is 17.9 Å². The molecular weight excluding hydrogens is 671 g/mol. The van der Waals surface area contributed by atoms with E-state index in [2.05, 4.69) is 32.7 Å². The number of benzene rings is 3. The number of hydrogen-bond donors (Lipinski definition) is 3. The highest BCUT2D eigenvalue weighted by atomic mass is 19.4. The number of aromatic nitrogens is 1. The maximum absolute atomic E-state index is 13.7. The van der Waals surface area contributed by atoms with Crippen LogP contribution in [0.2, 0.25) is 0 Å². The number of piperidine rings is 1. The third kappa shape index (κ3) is 11.9. The maximum atomic E-state index is 13.7. The first-order chi connectivity index (χ1) is 25.2. The van der Waals surface area contributed by atoms with Crippen LogP contribution in [0.15, 0.2) is 66.7 Å². The van der Waals surface area contributed by atoms with Crippen LogP contribution < -0.4 is 16.0 Å². The van der Waals surface area contributed by atoms with Gasteiger partial charge in [-0.2, -0.15) is 13.2 Å². The van der Waals surface area contributed by atoms with Crippen molar-refractivity contribution in [2.75, 3.05) is 83.0 Å². The van der Waals surface area contributed by atoms with E-state index in [0.29, 0.717) is 63.9 Å². The Hall–Kier alpha value is -4.28. The Labute approximate surface area is 304 Å². The molecule has 4 aromatic rings. The third-order valence-corrected chi connectivity index (χ3v) is 8.97. The zero-order chi connectivity index (χ0) is 36.8. The minimum Gasteiger partial charge on any atom is -0.382 e. The average molecular weight is 722 g/mol. The summed E-state index contributed by atoms with van der Waals surface area (Å²) < 4.78 is 59.2. The van der Waals surface area contributed by atoms with Crippen LogP contribution in [0.25, 0.3) is 21.7 Å². The summed E-state index contributed by atoms with van der Waals surface area (Å²) in [6, 6.07) is 21.4. The number of amides is 1.